The zero-order chi connectivity index (χ0) is 14.2. The van der Waals surface area contributed by atoms with Crippen molar-refractivity contribution >= 4 is 5.91 Å². The summed E-state index contributed by atoms with van der Waals surface area (Å²) in [4.78, 5) is 18.1. The minimum atomic E-state index is -0.459. The third-order valence-corrected chi connectivity index (χ3v) is 3.10. The lowest BCUT2D eigenvalue weighted by Crippen LogP contribution is -2.49. The maximum absolute atomic E-state index is 12.4. The molecule has 106 valence electrons. The second kappa shape index (κ2) is 7.58. The van der Waals surface area contributed by atoms with Crippen molar-refractivity contribution < 1.29 is 9.53 Å². The van der Waals surface area contributed by atoms with Gasteiger partial charge in [0.25, 0.3) is 5.91 Å². The van der Waals surface area contributed by atoms with E-state index in [2.05, 4.69) is 16.4 Å². The molecule has 1 N–H and O–H groups in total. The van der Waals surface area contributed by atoms with Gasteiger partial charge in [-0.1, -0.05) is 6.07 Å². The van der Waals surface area contributed by atoms with Crippen LogP contribution in [0.4, 0.5) is 0 Å². The number of carbonyl (C=O) groups excluding carboxylic acids is 1. The number of carbonyl (C=O) groups is 1. The van der Waals surface area contributed by atoms with Crippen molar-refractivity contribution in [3.8, 4) is 6.07 Å². The van der Waals surface area contributed by atoms with Crippen molar-refractivity contribution in [2.24, 2.45) is 0 Å². The summed E-state index contributed by atoms with van der Waals surface area (Å²) >= 11 is 0. The molecule has 1 aromatic heterocycles. The van der Waals surface area contributed by atoms with E-state index in [9.17, 15) is 4.79 Å². The van der Waals surface area contributed by atoms with E-state index in [1.807, 2.05) is 12.1 Å². The molecule has 2 rings (SSSR count). The largest absolute Gasteiger partial charge is 0.366 e. The Labute approximate surface area is 118 Å². The summed E-state index contributed by atoms with van der Waals surface area (Å²) < 4.78 is 5.49. The van der Waals surface area contributed by atoms with Gasteiger partial charge >= 0.3 is 0 Å². The SMILES string of the molecule is N#CCCN(Cc1cccnc1)C(=O)C1CNCCO1. The normalized spacial score (nSPS) is 18.2. The first-order valence-electron chi connectivity index (χ1n) is 6.68. The van der Waals surface area contributed by atoms with E-state index in [0.29, 0.717) is 32.7 Å². The van der Waals surface area contributed by atoms with Crippen LogP contribution in [0.15, 0.2) is 24.5 Å². The first-order chi connectivity index (χ1) is 9.81. The van der Waals surface area contributed by atoms with Crippen molar-refractivity contribution in [1.29, 1.82) is 5.26 Å². The van der Waals surface area contributed by atoms with Crippen LogP contribution in [0.2, 0.25) is 0 Å². The van der Waals surface area contributed by atoms with Crippen LogP contribution in [0.3, 0.4) is 0 Å². The number of nitrogens with zero attached hydrogens (tertiary/aromatic N) is 3. The molecule has 0 bridgehead atoms. The predicted molar refractivity (Wildman–Crippen MR) is 72.5 cm³/mol. The average Bonchev–Trinajstić information content (AvgIpc) is 2.52. The van der Waals surface area contributed by atoms with E-state index >= 15 is 0 Å². The van der Waals surface area contributed by atoms with Crippen LogP contribution in [0.1, 0.15) is 12.0 Å². The lowest BCUT2D eigenvalue weighted by atomic mass is 10.2. The van der Waals surface area contributed by atoms with E-state index < -0.39 is 6.10 Å². The van der Waals surface area contributed by atoms with Crippen LogP contribution < -0.4 is 5.32 Å². The maximum atomic E-state index is 12.4. The number of hydrogen-bond donors (Lipinski definition) is 1. The highest BCUT2D eigenvalue weighted by Gasteiger charge is 2.26. The molecule has 0 radical (unpaired) electrons. The van der Waals surface area contributed by atoms with E-state index in [1.54, 1.807) is 17.3 Å². The summed E-state index contributed by atoms with van der Waals surface area (Å²) in [6, 6.07) is 5.83. The molecule has 1 amide bonds. The molecule has 0 aliphatic carbocycles. The number of rotatable bonds is 5. The number of morpholine rings is 1. The minimum absolute atomic E-state index is 0.0729. The van der Waals surface area contributed by atoms with Crippen molar-refractivity contribution in [2.45, 2.75) is 19.1 Å². The van der Waals surface area contributed by atoms with Gasteiger partial charge in [-0.25, -0.2) is 0 Å². The molecule has 20 heavy (non-hydrogen) atoms. The van der Waals surface area contributed by atoms with Gasteiger partial charge in [-0.2, -0.15) is 5.26 Å². The number of pyridine rings is 1. The van der Waals surface area contributed by atoms with Gasteiger partial charge in [-0.3, -0.25) is 9.78 Å². The Kier molecular flexibility index (Phi) is 5.47. The Morgan fingerprint density at radius 3 is 3.20 bits per heavy atom. The lowest BCUT2D eigenvalue weighted by molar-refractivity contribution is -0.145. The highest BCUT2D eigenvalue weighted by molar-refractivity contribution is 5.81. The monoisotopic (exact) mass is 274 g/mol. The van der Waals surface area contributed by atoms with Crippen molar-refractivity contribution in [3.63, 3.8) is 0 Å². The summed E-state index contributed by atoms with van der Waals surface area (Å²) in [5.74, 6) is -0.0729. The molecule has 1 atom stereocenters. The van der Waals surface area contributed by atoms with E-state index in [1.165, 1.54) is 0 Å². The van der Waals surface area contributed by atoms with Crippen molar-refractivity contribution in [1.82, 2.24) is 15.2 Å². The van der Waals surface area contributed by atoms with E-state index in [4.69, 9.17) is 10.00 Å². The quantitative estimate of drug-likeness (QED) is 0.836. The van der Waals surface area contributed by atoms with E-state index in [-0.39, 0.29) is 5.91 Å². The standard InChI is InChI=1S/C14H18N4O2/c15-4-2-7-18(11-12-3-1-5-16-9-12)14(19)13-10-17-6-8-20-13/h1,3,5,9,13,17H,2,6-8,10-11H2. The fourth-order valence-corrected chi connectivity index (χ4v) is 2.09. The smallest absolute Gasteiger partial charge is 0.253 e. The molecular formula is C14H18N4O2. The van der Waals surface area contributed by atoms with Crippen LogP contribution in [0.5, 0.6) is 0 Å². The van der Waals surface area contributed by atoms with Gasteiger partial charge in [-0.05, 0) is 11.6 Å². The second-order valence-corrected chi connectivity index (χ2v) is 4.59. The molecule has 0 spiro atoms. The van der Waals surface area contributed by atoms with Gasteiger partial charge in [0.05, 0.1) is 19.1 Å². The molecule has 6 nitrogen and oxygen atoms in total. The summed E-state index contributed by atoms with van der Waals surface area (Å²) in [5.41, 5.74) is 0.947. The van der Waals surface area contributed by atoms with Gasteiger partial charge in [0.1, 0.15) is 6.10 Å². The number of aromatic nitrogens is 1. The second-order valence-electron chi connectivity index (χ2n) is 4.59. The van der Waals surface area contributed by atoms with Gasteiger partial charge in [0.2, 0.25) is 0 Å². The minimum Gasteiger partial charge on any atom is -0.366 e. The maximum Gasteiger partial charge on any atom is 0.253 e. The molecule has 0 saturated carbocycles. The molecular weight excluding hydrogens is 256 g/mol. The Morgan fingerprint density at radius 2 is 2.55 bits per heavy atom. The first-order valence-corrected chi connectivity index (χ1v) is 6.68. The molecule has 6 heteroatoms. The number of nitriles is 1. The van der Waals surface area contributed by atoms with Crippen molar-refractivity contribution in [3.05, 3.63) is 30.1 Å². The zero-order valence-electron chi connectivity index (χ0n) is 11.3. The fraction of sp³-hybridized carbons (Fsp3) is 0.500. The number of hydrogen-bond acceptors (Lipinski definition) is 5. The van der Waals surface area contributed by atoms with Gasteiger partial charge in [0.15, 0.2) is 0 Å². The molecule has 1 aliphatic heterocycles. The van der Waals surface area contributed by atoms with Crippen LogP contribution in [0.25, 0.3) is 0 Å². The lowest BCUT2D eigenvalue weighted by Gasteiger charge is -2.29. The Balaban J connectivity index is 2.02. The third kappa shape index (κ3) is 4.02. The molecule has 1 fully saturated rings. The van der Waals surface area contributed by atoms with Crippen LogP contribution in [0, 0.1) is 11.3 Å². The Bertz CT molecular complexity index is 466. The summed E-state index contributed by atoms with van der Waals surface area (Å²) in [6.45, 7) is 2.69. The molecule has 0 aromatic carbocycles. The highest BCUT2D eigenvalue weighted by atomic mass is 16.5. The van der Waals surface area contributed by atoms with Crippen LogP contribution in [-0.2, 0) is 16.1 Å². The molecule has 1 saturated heterocycles. The molecule has 1 aromatic rings. The first kappa shape index (κ1) is 14.4. The predicted octanol–water partition coefficient (Wildman–Crippen LogP) is 0.312. The number of amides is 1. The van der Waals surface area contributed by atoms with Crippen LogP contribution >= 0.6 is 0 Å². The molecule has 1 aliphatic rings. The van der Waals surface area contributed by atoms with Gasteiger partial charge in [-0.15, -0.1) is 0 Å². The van der Waals surface area contributed by atoms with Gasteiger partial charge in [0, 0.05) is 38.6 Å². The Hall–Kier alpha value is -1.97. The average molecular weight is 274 g/mol. The Morgan fingerprint density at radius 1 is 1.65 bits per heavy atom. The third-order valence-electron chi connectivity index (χ3n) is 3.10. The zero-order valence-corrected chi connectivity index (χ0v) is 11.3. The summed E-state index contributed by atoms with van der Waals surface area (Å²) in [6.07, 6.45) is 3.27. The van der Waals surface area contributed by atoms with E-state index in [0.717, 1.165) is 12.1 Å². The number of nitrogens with one attached hydrogen (secondary N) is 1. The van der Waals surface area contributed by atoms with Crippen LogP contribution in [-0.4, -0.2) is 48.1 Å². The summed E-state index contributed by atoms with van der Waals surface area (Å²) in [5, 5.41) is 11.9. The summed E-state index contributed by atoms with van der Waals surface area (Å²) in [7, 11) is 0. The molecule has 2 heterocycles. The highest BCUT2D eigenvalue weighted by Crippen LogP contribution is 2.09. The topological polar surface area (TPSA) is 78.2 Å². The van der Waals surface area contributed by atoms with Gasteiger partial charge < -0.3 is 15.0 Å². The van der Waals surface area contributed by atoms with Crippen molar-refractivity contribution in [2.75, 3.05) is 26.2 Å². The molecule has 1 unspecified atom stereocenters. The number of ether oxygens (including phenoxy) is 1. The fourth-order valence-electron chi connectivity index (χ4n) is 2.09.